The lowest BCUT2D eigenvalue weighted by Gasteiger charge is -2.17. The van der Waals surface area contributed by atoms with E-state index in [1.807, 2.05) is 38.1 Å². The normalized spacial score (nSPS) is 10.6. The lowest BCUT2D eigenvalue weighted by atomic mass is 10.2. The van der Waals surface area contributed by atoms with E-state index < -0.39 is 5.97 Å². The maximum absolute atomic E-state index is 12.6. The predicted molar refractivity (Wildman–Crippen MR) is 93.3 cm³/mol. The minimum absolute atomic E-state index is 0.0622. The summed E-state index contributed by atoms with van der Waals surface area (Å²) < 4.78 is 2.13. The lowest BCUT2D eigenvalue weighted by Crippen LogP contribution is -2.28. The summed E-state index contributed by atoms with van der Waals surface area (Å²) in [5, 5.41) is 8.70. The average molecular weight is 328 g/mol. The monoisotopic (exact) mass is 328 g/mol. The van der Waals surface area contributed by atoms with Crippen molar-refractivity contribution < 1.29 is 14.7 Å². The van der Waals surface area contributed by atoms with Crippen LogP contribution in [0.1, 0.15) is 40.2 Å². The third-order valence-corrected chi connectivity index (χ3v) is 4.22. The minimum atomic E-state index is -0.836. The van der Waals surface area contributed by atoms with Crippen molar-refractivity contribution in [3.8, 4) is 0 Å². The Morgan fingerprint density at radius 3 is 2.46 bits per heavy atom. The first-order valence-corrected chi connectivity index (χ1v) is 8.08. The maximum atomic E-state index is 12.6. The van der Waals surface area contributed by atoms with Gasteiger partial charge in [0.2, 0.25) is 0 Å². The predicted octanol–water partition coefficient (Wildman–Crippen LogP) is 3.09. The van der Waals surface area contributed by atoms with Crippen LogP contribution in [0.4, 0.5) is 0 Å². The van der Waals surface area contributed by atoms with Gasteiger partial charge in [0.1, 0.15) is 0 Å². The van der Waals surface area contributed by atoms with Crippen molar-refractivity contribution in [2.24, 2.45) is 0 Å². The number of amides is 1. The zero-order chi connectivity index (χ0) is 17.7. The van der Waals surface area contributed by atoms with E-state index in [9.17, 15) is 9.59 Å². The van der Waals surface area contributed by atoms with E-state index in [-0.39, 0.29) is 12.3 Å². The molecule has 5 nitrogen and oxygen atoms in total. The number of nitrogens with zero attached hydrogens (tertiary/aromatic N) is 2. The van der Waals surface area contributed by atoms with Gasteiger partial charge in [0.25, 0.3) is 5.91 Å². The molecular formula is C19H24N2O3. The molecule has 1 N–H and O–H groups in total. The highest BCUT2D eigenvalue weighted by atomic mass is 16.4. The summed E-state index contributed by atoms with van der Waals surface area (Å²) in [5.41, 5.74) is 3.85. The zero-order valence-electron chi connectivity index (χ0n) is 14.5. The maximum Gasteiger partial charge on any atom is 0.303 e. The average Bonchev–Trinajstić information content (AvgIpc) is 2.83. The summed E-state index contributed by atoms with van der Waals surface area (Å²) >= 11 is 0. The number of hydrogen-bond donors (Lipinski definition) is 1. The molecule has 0 saturated heterocycles. The summed E-state index contributed by atoms with van der Waals surface area (Å²) in [4.78, 5) is 24.8. The van der Waals surface area contributed by atoms with E-state index in [0.717, 1.165) is 17.9 Å². The van der Waals surface area contributed by atoms with Gasteiger partial charge in [0.15, 0.2) is 0 Å². The first kappa shape index (κ1) is 17.8. The molecule has 0 unspecified atom stereocenters. The van der Waals surface area contributed by atoms with Crippen LogP contribution in [0.25, 0.3) is 0 Å². The molecule has 1 aromatic carbocycles. The van der Waals surface area contributed by atoms with Crippen LogP contribution >= 0.6 is 0 Å². The number of carbonyl (C=O) groups excluding carboxylic acids is 1. The van der Waals surface area contributed by atoms with Gasteiger partial charge >= 0.3 is 5.97 Å². The van der Waals surface area contributed by atoms with Crippen molar-refractivity contribution in [1.29, 1.82) is 0 Å². The number of rotatable bonds is 7. The van der Waals surface area contributed by atoms with Crippen LogP contribution in [-0.2, 0) is 11.3 Å². The Bertz CT molecular complexity index is 720. The van der Waals surface area contributed by atoms with E-state index in [4.69, 9.17) is 5.11 Å². The van der Waals surface area contributed by atoms with E-state index in [1.54, 1.807) is 11.9 Å². The van der Waals surface area contributed by atoms with Crippen molar-refractivity contribution in [3.05, 3.63) is 58.9 Å². The van der Waals surface area contributed by atoms with E-state index in [1.165, 1.54) is 5.56 Å². The highest BCUT2D eigenvalue weighted by Gasteiger charge is 2.19. The Kier molecular flexibility index (Phi) is 5.79. The Hall–Kier alpha value is -2.56. The topological polar surface area (TPSA) is 62.5 Å². The number of aromatic nitrogens is 1. The van der Waals surface area contributed by atoms with Crippen LogP contribution in [-0.4, -0.2) is 40.0 Å². The van der Waals surface area contributed by atoms with Crippen LogP contribution < -0.4 is 0 Å². The molecule has 0 radical (unpaired) electrons. The summed E-state index contributed by atoms with van der Waals surface area (Å²) in [7, 11) is 1.72. The molecule has 2 rings (SSSR count). The molecule has 24 heavy (non-hydrogen) atoms. The van der Waals surface area contributed by atoms with Crippen LogP contribution in [0.3, 0.4) is 0 Å². The van der Waals surface area contributed by atoms with Gasteiger partial charge in [-0.15, -0.1) is 0 Å². The summed E-state index contributed by atoms with van der Waals surface area (Å²) in [5.74, 6) is -0.898. The molecule has 0 bridgehead atoms. The molecule has 0 saturated carbocycles. The van der Waals surface area contributed by atoms with Crippen LogP contribution in [0.5, 0.6) is 0 Å². The fraction of sp³-hybridized carbons (Fsp3) is 0.368. The quantitative estimate of drug-likeness (QED) is 0.849. The summed E-state index contributed by atoms with van der Waals surface area (Å²) in [6.45, 7) is 5.12. The number of aliphatic carboxylic acids is 1. The standard InChI is InChI=1S/C19H24N2O3/c1-14-12-17(19(24)20(3)11-7-10-18(22)23)15(2)21(14)13-16-8-5-4-6-9-16/h4-6,8-9,12H,7,10-11,13H2,1-3H3,(H,22,23). The highest BCUT2D eigenvalue weighted by molar-refractivity contribution is 5.95. The van der Waals surface area contributed by atoms with Gasteiger partial charge in [-0.05, 0) is 31.9 Å². The van der Waals surface area contributed by atoms with Crippen LogP contribution in [0.2, 0.25) is 0 Å². The molecule has 0 aliphatic carbocycles. The number of carbonyl (C=O) groups is 2. The largest absolute Gasteiger partial charge is 0.481 e. The van der Waals surface area contributed by atoms with Crippen molar-refractivity contribution >= 4 is 11.9 Å². The van der Waals surface area contributed by atoms with Gasteiger partial charge in [-0.2, -0.15) is 0 Å². The Balaban J connectivity index is 2.12. The number of hydrogen-bond acceptors (Lipinski definition) is 2. The third-order valence-electron chi connectivity index (χ3n) is 4.22. The smallest absolute Gasteiger partial charge is 0.303 e. The molecule has 1 aromatic heterocycles. The van der Waals surface area contributed by atoms with Crippen molar-refractivity contribution in [2.45, 2.75) is 33.2 Å². The first-order valence-electron chi connectivity index (χ1n) is 8.08. The van der Waals surface area contributed by atoms with Gasteiger partial charge in [0.05, 0.1) is 5.56 Å². The molecular weight excluding hydrogens is 304 g/mol. The van der Waals surface area contributed by atoms with Crippen molar-refractivity contribution in [1.82, 2.24) is 9.47 Å². The second kappa shape index (κ2) is 7.81. The second-order valence-electron chi connectivity index (χ2n) is 6.08. The third kappa shape index (κ3) is 4.25. The molecule has 5 heteroatoms. The lowest BCUT2D eigenvalue weighted by molar-refractivity contribution is -0.137. The number of benzene rings is 1. The van der Waals surface area contributed by atoms with Gasteiger partial charge in [-0.25, -0.2) is 0 Å². The molecule has 1 heterocycles. The highest BCUT2D eigenvalue weighted by Crippen LogP contribution is 2.18. The summed E-state index contributed by atoms with van der Waals surface area (Å²) in [6, 6.07) is 12.0. The second-order valence-corrected chi connectivity index (χ2v) is 6.08. The number of carboxylic acid groups (broad SMARTS) is 1. The number of carboxylic acids is 1. The van der Waals surface area contributed by atoms with Gasteiger partial charge < -0.3 is 14.6 Å². The van der Waals surface area contributed by atoms with Crippen LogP contribution in [0, 0.1) is 13.8 Å². The van der Waals surface area contributed by atoms with Gasteiger partial charge in [-0.1, -0.05) is 30.3 Å². The molecule has 0 aliphatic heterocycles. The fourth-order valence-electron chi connectivity index (χ4n) is 2.80. The Morgan fingerprint density at radius 1 is 1.17 bits per heavy atom. The van der Waals surface area contributed by atoms with E-state index >= 15 is 0 Å². The van der Waals surface area contributed by atoms with Crippen LogP contribution in [0.15, 0.2) is 36.4 Å². The van der Waals surface area contributed by atoms with Gasteiger partial charge in [0, 0.05) is 37.9 Å². The molecule has 0 fully saturated rings. The fourth-order valence-corrected chi connectivity index (χ4v) is 2.80. The summed E-state index contributed by atoms with van der Waals surface area (Å²) in [6.07, 6.45) is 0.533. The molecule has 0 spiro atoms. The SMILES string of the molecule is Cc1cc(C(=O)N(C)CCCC(=O)O)c(C)n1Cc1ccccc1. The van der Waals surface area contributed by atoms with E-state index in [0.29, 0.717) is 18.5 Å². The molecule has 0 aliphatic rings. The Morgan fingerprint density at radius 2 is 1.83 bits per heavy atom. The Labute approximate surface area is 142 Å². The molecule has 2 aromatic rings. The minimum Gasteiger partial charge on any atom is -0.481 e. The van der Waals surface area contributed by atoms with Crippen molar-refractivity contribution in [3.63, 3.8) is 0 Å². The van der Waals surface area contributed by atoms with Crippen molar-refractivity contribution in [2.75, 3.05) is 13.6 Å². The molecule has 1 amide bonds. The number of aryl methyl sites for hydroxylation is 1. The molecule has 0 atom stereocenters. The first-order chi connectivity index (χ1) is 11.4. The zero-order valence-corrected chi connectivity index (χ0v) is 14.5. The van der Waals surface area contributed by atoms with E-state index in [2.05, 4.69) is 16.7 Å². The molecule has 128 valence electrons. The van der Waals surface area contributed by atoms with Gasteiger partial charge in [-0.3, -0.25) is 9.59 Å².